The van der Waals surface area contributed by atoms with E-state index in [2.05, 4.69) is 19.9 Å². The lowest BCUT2D eigenvalue weighted by molar-refractivity contribution is 0.0864. The van der Waals surface area contributed by atoms with Gasteiger partial charge in [0.2, 0.25) is 0 Å². The summed E-state index contributed by atoms with van der Waals surface area (Å²) in [5.74, 6) is -0.594. The molecule has 0 saturated carbocycles. The Bertz CT molecular complexity index is 786. The van der Waals surface area contributed by atoms with E-state index in [1.807, 2.05) is 0 Å². The normalized spacial score (nSPS) is 16.2. The molecule has 1 aliphatic heterocycles. The van der Waals surface area contributed by atoms with Crippen molar-refractivity contribution in [2.75, 3.05) is 12.4 Å². The third-order valence-electron chi connectivity index (χ3n) is 2.84. The topological polar surface area (TPSA) is 105 Å². The number of aromatic nitrogens is 3. The second-order valence-electron chi connectivity index (χ2n) is 3.97. The summed E-state index contributed by atoms with van der Waals surface area (Å²) in [6.07, 6.45) is 1.34. The summed E-state index contributed by atoms with van der Waals surface area (Å²) in [6.45, 7) is -0.162. The molecule has 0 fully saturated rings. The molecular formula is C10H9N5O3S2. The molecule has 1 aliphatic rings. The molecule has 0 radical (unpaired) electrons. The van der Waals surface area contributed by atoms with Crippen molar-refractivity contribution in [3.05, 3.63) is 29.6 Å². The van der Waals surface area contributed by atoms with Gasteiger partial charge in [-0.25, -0.2) is 9.29 Å². The largest absolute Gasteiger partial charge is 0.377 e. The third kappa shape index (κ3) is 1.76. The molecule has 10 heteroatoms. The number of nitrogens with one attached hydrogen (secondary N) is 1. The summed E-state index contributed by atoms with van der Waals surface area (Å²) in [5, 5.41) is 7.11. The minimum atomic E-state index is -3.91. The highest BCUT2D eigenvalue weighted by Gasteiger charge is 2.42. The summed E-state index contributed by atoms with van der Waals surface area (Å²) in [7, 11) is -2.24. The van der Waals surface area contributed by atoms with E-state index in [1.165, 1.54) is 18.3 Å². The number of amides is 1. The Hall–Kier alpha value is -2.07. The summed E-state index contributed by atoms with van der Waals surface area (Å²) >= 11 is 1.10. The average Bonchev–Trinajstić information content (AvgIpc) is 2.97. The van der Waals surface area contributed by atoms with Crippen molar-refractivity contribution in [3.8, 4) is 0 Å². The first kappa shape index (κ1) is 12.9. The second-order valence-corrected chi connectivity index (χ2v) is 6.50. The highest BCUT2D eigenvalue weighted by atomic mass is 32.2. The number of anilines is 1. The van der Waals surface area contributed by atoms with E-state index in [9.17, 15) is 13.2 Å². The number of pyridine rings is 1. The van der Waals surface area contributed by atoms with Crippen molar-refractivity contribution in [1.29, 1.82) is 0 Å². The van der Waals surface area contributed by atoms with Crippen LogP contribution in [0.1, 0.15) is 16.1 Å². The molecule has 0 atom stereocenters. The van der Waals surface area contributed by atoms with Crippen molar-refractivity contribution in [1.82, 2.24) is 18.9 Å². The number of fused-ring (bicyclic) bond motifs is 1. The van der Waals surface area contributed by atoms with Gasteiger partial charge >= 0.3 is 0 Å². The standard InChI is InChI=1S/C10H9N5O3S2/c1-11-8-7(13-14-19-8)5-15-10(16)6-3-2-4-12-9(6)20(15,17)18/h2-4,11H,5H2,1H3. The Kier molecular flexibility index (Phi) is 2.91. The molecule has 2 aromatic rings. The zero-order valence-corrected chi connectivity index (χ0v) is 11.9. The predicted molar refractivity (Wildman–Crippen MR) is 70.8 cm³/mol. The molecule has 104 valence electrons. The summed E-state index contributed by atoms with van der Waals surface area (Å²) in [4.78, 5) is 16.0. The average molecular weight is 311 g/mol. The van der Waals surface area contributed by atoms with E-state index in [-0.39, 0.29) is 17.1 Å². The molecule has 1 N–H and O–H groups in total. The van der Waals surface area contributed by atoms with Crippen LogP contribution in [0.5, 0.6) is 0 Å². The van der Waals surface area contributed by atoms with Gasteiger partial charge in [0.05, 0.1) is 12.1 Å². The molecule has 3 rings (SSSR count). The fourth-order valence-electron chi connectivity index (χ4n) is 1.90. The lowest BCUT2D eigenvalue weighted by Gasteiger charge is -2.13. The first-order valence-electron chi connectivity index (χ1n) is 5.56. The van der Waals surface area contributed by atoms with Gasteiger partial charge in [0, 0.05) is 24.8 Å². The van der Waals surface area contributed by atoms with Crippen molar-refractivity contribution in [3.63, 3.8) is 0 Å². The van der Waals surface area contributed by atoms with Gasteiger partial charge in [-0.15, -0.1) is 5.10 Å². The first-order chi connectivity index (χ1) is 9.55. The highest BCUT2D eigenvalue weighted by Crippen LogP contribution is 2.30. The van der Waals surface area contributed by atoms with Gasteiger partial charge in [-0.05, 0) is 12.1 Å². The molecule has 0 bridgehead atoms. The Balaban J connectivity index is 2.03. The Morgan fingerprint density at radius 1 is 1.45 bits per heavy atom. The van der Waals surface area contributed by atoms with E-state index in [0.29, 0.717) is 10.7 Å². The van der Waals surface area contributed by atoms with E-state index in [0.717, 1.165) is 15.8 Å². The Morgan fingerprint density at radius 3 is 2.95 bits per heavy atom. The van der Waals surface area contributed by atoms with Gasteiger partial charge in [-0.2, -0.15) is 8.42 Å². The minimum Gasteiger partial charge on any atom is -0.377 e. The quantitative estimate of drug-likeness (QED) is 0.870. The van der Waals surface area contributed by atoms with Gasteiger partial charge in [-0.1, -0.05) is 4.49 Å². The van der Waals surface area contributed by atoms with Crippen molar-refractivity contribution >= 4 is 32.5 Å². The molecule has 0 saturated heterocycles. The summed E-state index contributed by atoms with van der Waals surface area (Å²) in [6, 6.07) is 2.97. The second kappa shape index (κ2) is 4.49. The van der Waals surface area contributed by atoms with Gasteiger partial charge in [-0.3, -0.25) is 4.79 Å². The number of rotatable bonds is 3. The molecule has 3 heterocycles. The zero-order valence-electron chi connectivity index (χ0n) is 10.3. The van der Waals surface area contributed by atoms with Gasteiger partial charge < -0.3 is 5.32 Å². The van der Waals surface area contributed by atoms with Crippen molar-refractivity contribution in [2.24, 2.45) is 0 Å². The maximum absolute atomic E-state index is 12.3. The highest BCUT2D eigenvalue weighted by molar-refractivity contribution is 7.90. The van der Waals surface area contributed by atoms with Crippen LogP contribution in [-0.4, -0.2) is 40.2 Å². The molecule has 8 nitrogen and oxygen atoms in total. The van der Waals surface area contributed by atoms with Crippen LogP contribution in [0.2, 0.25) is 0 Å². The minimum absolute atomic E-state index is 0.0849. The SMILES string of the molecule is CNc1snnc1CN1C(=O)c2cccnc2S1(=O)=O. The lowest BCUT2D eigenvalue weighted by atomic mass is 10.2. The van der Waals surface area contributed by atoms with Crippen LogP contribution in [-0.2, 0) is 16.6 Å². The molecule has 1 amide bonds. The Morgan fingerprint density at radius 2 is 2.25 bits per heavy atom. The molecule has 0 aliphatic carbocycles. The molecular weight excluding hydrogens is 302 g/mol. The Labute approximate surface area is 118 Å². The van der Waals surface area contributed by atoms with Gasteiger partial charge in [0.25, 0.3) is 15.9 Å². The van der Waals surface area contributed by atoms with E-state index in [4.69, 9.17) is 0 Å². The number of nitrogens with zero attached hydrogens (tertiary/aromatic N) is 4. The van der Waals surface area contributed by atoms with E-state index >= 15 is 0 Å². The number of sulfonamides is 1. The van der Waals surface area contributed by atoms with Gasteiger partial charge in [0.15, 0.2) is 5.03 Å². The van der Waals surface area contributed by atoms with Crippen LogP contribution in [0.15, 0.2) is 23.4 Å². The lowest BCUT2D eigenvalue weighted by Crippen LogP contribution is -2.30. The smallest absolute Gasteiger partial charge is 0.285 e. The van der Waals surface area contributed by atoms with Crippen LogP contribution < -0.4 is 5.32 Å². The number of carbonyl (C=O) groups excluding carboxylic acids is 1. The fraction of sp³-hybridized carbons (Fsp3) is 0.200. The third-order valence-corrected chi connectivity index (χ3v) is 5.31. The molecule has 0 spiro atoms. The fourth-order valence-corrected chi connectivity index (χ4v) is 3.87. The predicted octanol–water partition coefficient (Wildman–Crippen LogP) is 0.319. The molecule has 2 aromatic heterocycles. The van der Waals surface area contributed by atoms with Crippen LogP contribution >= 0.6 is 11.5 Å². The zero-order chi connectivity index (χ0) is 14.3. The van der Waals surface area contributed by atoms with Crippen LogP contribution in [0.4, 0.5) is 5.00 Å². The van der Waals surface area contributed by atoms with Crippen molar-refractivity contribution < 1.29 is 13.2 Å². The van der Waals surface area contributed by atoms with Gasteiger partial charge in [0.1, 0.15) is 10.7 Å². The van der Waals surface area contributed by atoms with Crippen LogP contribution in [0.3, 0.4) is 0 Å². The number of hydrogen-bond acceptors (Lipinski definition) is 8. The van der Waals surface area contributed by atoms with E-state index in [1.54, 1.807) is 7.05 Å². The molecule has 0 aromatic carbocycles. The number of carbonyl (C=O) groups is 1. The van der Waals surface area contributed by atoms with Crippen molar-refractivity contribution in [2.45, 2.75) is 11.6 Å². The molecule has 20 heavy (non-hydrogen) atoms. The summed E-state index contributed by atoms with van der Waals surface area (Å²) < 4.78 is 29.1. The monoisotopic (exact) mass is 311 g/mol. The maximum atomic E-state index is 12.3. The van der Waals surface area contributed by atoms with Crippen LogP contribution in [0.25, 0.3) is 0 Å². The first-order valence-corrected chi connectivity index (χ1v) is 7.78. The number of hydrogen-bond donors (Lipinski definition) is 1. The van der Waals surface area contributed by atoms with E-state index < -0.39 is 15.9 Å². The van der Waals surface area contributed by atoms with Crippen LogP contribution in [0, 0.1) is 0 Å². The maximum Gasteiger partial charge on any atom is 0.285 e. The molecule has 0 unspecified atom stereocenters. The summed E-state index contributed by atoms with van der Waals surface area (Å²) in [5.41, 5.74) is 0.490.